The van der Waals surface area contributed by atoms with Gasteiger partial charge in [-0.25, -0.2) is 4.68 Å². The van der Waals surface area contributed by atoms with E-state index in [1.165, 1.54) is 17.2 Å². The summed E-state index contributed by atoms with van der Waals surface area (Å²) in [5, 5.41) is 4.42. The van der Waals surface area contributed by atoms with Crippen LogP contribution in [-0.4, -0.2) is 39.7 Å². The molecule has 6 nitrogen and oxygen atoms in total. The summed E-state index contributed by atoms with van der Waals surface area (Å²) in [6, 6.07) is 11.0. The number of para-hydroxylation sites is 1. The second-order valence-corrected chi connectivity index (χ2v) is 7.57. The number of rotatable bonds is 3. The molecule has 2 aromatic rings. The maximum Gasteiger partial charge on any atom is 0.266 e. The van der Waals surface area contributed by atoms with Crippen molar-refractivity contribution in [2.24, 2.45) is 13.0 Å². The number of likely N-dealkylation sites (tertiary alicyclic amines) is 1. The molecular formula is C21H26N4O2. The van der Waals surface area contributed by atoms with E-state index in [1.54, 1.807) is 13.1 Å². The normalized spacial score (nSPS) is 22.0. The standard InChI is InChI=1S/C21H26N4O2/c1-3-15-7-6-12-24(14-15)21(27)18-13-16-8-4-5-9-17(16)25(18)19-10-11-20(26)23(2)22-19/h4-5,8-11,15,18H,3,6-7,12-14H2,1-2H3/t15?,18-/m0/s1. The van der Waals surface area contributed by atoms with Crippen LogP contribution in [0.1, 0.15) is 31.7 Å². The fourth-order valence-corrected chi connectivity index (χ4v) is 4.29. The van der Waals surface area contributed by atoms with Gasteiger partial charge in [-0.1, -0.05) is 31.5 Å². The third-order valence-electron chi connectivity index (χ3n) is 5.86. The molecule has 1 aromatic heterocycles. The zero-order chi connectivity index (χ0) is 19.0. The highest BCUT2D eigenvalue weighted by atomic mass is 16.2. The van der Waals surface area contributed by atoms with Crippen LogP contribution in [0, 0.1) is 5.92 Å². The monoisotopic (exact) mass is 366 g/mol. The summed E-state index contributed by atoms with van der Waals surface area (Å²) in [5.74, 6) is 1.40. The third kappa shape index (κ3) is 3.24. The molecule has 4 rings (SSSR count). The lowest BCUT2D eigenvalue weighted by molar-refractivity contribution is -0.134. The van der Waals surface area contributed by atoms with Gasteiger partial charge in [-0.05, 0) is 36.5 Å². The van der Waals surface area contributed by atoms with E-state index >= 15 is 0 Å². The Morgan fingerprint density at radius 1 is 1.22 bits per heavy atom. The average Bonchev–Trinajstić information content (AvgIpc) is 3.09. The molecule has 1 fully saturated rings. The van der Waals surface area contributed by atoms with Gasteiger partial charge in [0.25, 0.3) is 5.56 Å². The van der Waals surface area contributed by atoms with Crippen molar-refractivity contribution in [1.29, 1.82) is 0 Å². The molecule has 2 aliphatic rings. The number of hydrogen-bond acceptors (Lipinski definition) is 4. The number of amides is 1. The lowest BCUT2D eigenvalue weighted by Crippen LogP contribution is -2.49. The number of carbonyl (C=O) groups is 1. The average molecular weight is 366 g/mol. The number of aryl methyl sites for hydroxylation is 1. The maximum atomic E-state index is 13.5. The van der Waals surface area contributed by atoms with Gasteiger partial charge in [0, 0.05) is 38.3 Å². The first-order valence-electron chi connectivity index (χ1n) is 9.78. The van der Waals surface area contributed by atoms with E-state index in [9.17, 15) is 9.59 Å². The fourth-order valence-electron chi connectivity index (χ4n) is 4.29. The van der Waals surface area contributed by atoms with Gasteiger partial charge in [0.15, 0.2) is 5.82 Å². The number of hydrogen-bond donors (Lipinski definition) is 0. The Hall–Kier alpha value is -2.63. The van der Waals surface area contributed by atoms with Gasteiger partial charge in [0.2, 0.25) is 5.91 Å². The van der Waals surface area contributed by atoms with Crippen molar-refractivity contribution in [1.82, 2.24) is 14.7 Å². The molecule has 3 heterocycles. The second-order valence-electron chi connectivity index (χ2n) is 7.57. The number of nitrogens with zero attached hydrogens (tertiary/aromatic N) is 4. The zero-order valence-corrected chi connectivity index (χ0v) is 16.0. The number of benzene rings is 1. The Balaban J connectivity index is 1.69. The highest BCUT2D eigenvalue weighted by molar-refractivity contribution is 5.91. The Morgan fingerprint density at radius 3 is 2.81 bits per heavy atom. The molecule has 0 N–H and O–H groups in total. The minimum absolute atomic E-state index is 0.157. The van der Waals surface area contributed by atoms with Crippen molar-refractivity contribution in [3.05, 3.63) is 52.3 Å². The molecule has 1 saturated heterocycles. The minimum atomic E-state index is -0.303. The van der Waals surface area contributed by atoms with Crippen LogP contribution >= 0.6 is 0 Å². The van der Waals surface area contributed by atoms with E-state index in [4.69, 9.17) is 0 Å². The molecule has 0 spiro atoms. The van der Waals surface area contributed by atoms with E-state index in [0.29, 0.717) is 18.2 Å². The highest BCUT2D eigenvalue weighted by Gasteiger charge is 2.39. The topological polar surface area (TPSA) is 58.4 Å². The highest BCUT2D eigenvalue weighted by Crippen LogP contribution is 2.38. The molecule has 1 aromatic carbocycles. The first-order chi connectivity index (χ1) is 13.1. The largest absolute Gasteiger partial charge is 0.341 e. The van der Waals surface area contributed by atoms with Crippen LogP contribution in [-0.2, 0) is 18.3 Å². The van der Waals surface area contributed by atoms with Crippen molar-refractivity contribution >= 4 is 17.4 Å². The van der Waals surface area contributed by atoms with Crippen LogP contribution in [0.5, 0.6) is 0 Å². The van der Waals surface area contributed by atoms with E-state index in [2.05, 4.69) is 18.1 Å². The molecule has 6 heteroatoms. The van der Waals surface area contributed by atoms with Crippen molar-refractivity contribution in [3.63, 3.8) is 0 Å². The summed E-state index contributed by atoms with van der Waals surface area (Å²) in [5.41, 5.74) is 2.00. The minimum Gasteiger partial charge on any atom is -0.341 e. The Morgan fingerprint density at radius 2 is 2.04 bits per heavy atom. The first-order valence-corrected chi connectivity index (χ1v) is 9.78. The zero-order valence-electron chi connectivity index (χ0n) is 16.0. The molecule has 0 radical (unpaired) electrons. The summed E-state index contributed by atoms with van der Waals surface area (Å²) < 4.78 is 1.33. The molecule has 2 aliphatic heterocycles. The number of aromatic nitrogens is 2. The summed E-state index contributed by atoms with van der Waals surface area (Å²) in [6.07, 6.45) is 4.06. The number of piperidine rings is 1. The van der Waals surface area contributed by atoms with Gasteiger partial charge >= 0.3 is 0 Å². The molecule has 0 saturated carbocycles. The first kappa shape index (κ1) is 17.8. The number of anilines is 2. The SMILES string of the molecule is CCC1CCCN(C(=O)[C@@H]2Cc3ccccc3N2c2ccc(=O)n(C)n2)C1. The van der Waals surface area contributed by atoms with E-state index < -0.39 is 0 Å². The molecular weight excluding hydrogens is 340 g/mol. The summed E-state index contributed by atoms with van der Waals surface area (Å²) in [4.78, 5) is 29.3. The summed E-state index contributed by atoms with van der Waals surface area (Å²) >= 11 is 0. The van der Waals surface area contributed by atoms with Gasteiger partial charge in [0.05, 0.1) is 0 Å². The van der Waals surface area contributed by atoms with Crippen LogP contribution in [0.25, 0.3) is 0 Å². The molecule has 1 unspecified atom stereocenters. The molecule has 142 valence electrons. The van der Waals surface area contributed by atoms with Crippen molar-refractivity contribution in [2.45, 2.75) is 38.6 Å². The van der Waals surface area contributed by atoms with Crippen LogP contribution in [0.15, 0.2) is 41.2 Å². The van der Waals surface area contributed by atoms with Gasteiger partial charge in [-0.2, -0.15) is 5.10 Å². The smallest absolute Gasteiger partial charge is 0.266 e. The maximum absolute atomic E-state index is 13.5. The summed E-state index contributed by atoms with van der Waals surface area (Å²) in [7, 11) is 1.64. The van der Waals surface area contributed by atoms with Gasteiger partial charge in [-0.15, -0.1) is 0 Å². The van der Waals surface area contributed by atoms with Gasteiger partial charge in [-0.3, -0.25) is 9.59 Å². The Bertz CT molecular complexity index is 907. The quantitative estimate of drug-likeness (QED) is 0.837. The predicted octanol–water partition coefficient (Wildman–Crippen LogP) is 2.49. The van der Waals surface area contributed by atoms with E-state index in [1.807, 2.05) is 28.0 Å². The Labute approximate surface area is 159 Å². The van der Waals surface area contributed by atoms with Crippen LogP contribution in [0.4, 0.5) is 11.5 Å². The summed E-state index contributed by atoms with van der Waals surface area (Å²) in [6.45, 7) is 3.87. The molecule has 1 amide bonds. The van der Waals surface area contributed by atoms with Gasteiger partial charge < -0.3 is 9.80 Å². The third-order valence-corrected chi connectivity index (χ3v) is 5.86. The molecule has 0 bridgehead atoms. The molecule has 2 atom stereocenters. The van der Waals surface area contributed by atoms with Crippen LogP contribution < -0.4 is 10.5 Å². The van der Waals surface area contributed by atoms with E-state index in [-0.39, 0.29) is 17.5 Å². The van der Waals surface area contributed by atoms with Crippen molar-refractivity contribution in [3.8, 4) is 0 Å². The van der Waals surface area contributed by atoms with Crippen LogP contribution in [0.3, 0.4) is 0 Å². The predicted molar refractivity (Wildman–Crippen MR) is 105 cm³/mol. The second kappa shape index (κ2) is 7.18. The van der Waals surface area contributed by atoms with Crippen molar-refractivity contribution in [2.75, 3.05) is 18.0 Å². The molecule has 0 aliphatic carbocycles. The van der Waals surface area contributed by atoms with Crippen molar-refractivity contribution < 1.29 is 4.79 Å². The lowest BCUT2D eigenvalue weighted by atomic mass is 9.95. The number of fused-ring (bicyclic) bond motifs is 1. The van der Waals surface area contributed by atoms with E-state index in [0.717, 1.165) is 37.2 Å². The number of carbonyl (C=O) groups excluding carboxylic acids is 1. The lowest BCUT2D eigenvalue weighted by Gasteiger charge is -2.36. The fraction of sp³-hybridized carbons (Fsp3) is 0.476. The van der Waals surface area contributed by atoms with Gasteiger partial charge in [0.1, 0.15) is 6.04 Å². The molecule has 27 heavy (non-hydrogen) atoms. The van der Waals surface area contributed by atoms with Crippen LogP contribution in [0.2, 0.25) is 0 Å². The Kier molecular flexibility index (Phi) is 4.72.